The van der Waals surface area contributed by atoms with Crippen LogP contribution in [0.3, 0.4) is 0 Å². The van der Waals surface area contributed by atoms with Crippen LogP contribution in [0.15, 0.2) is 51.7 Å². The largest absolute Gasteiger partial charge is 0.417 e. The summed E-state index contributed by atoms with van der Waals surface area (Å²) in [4.78, 5) is 28.0. The van der Waals surface area contributed by atoms with Crippen molar-refractivity contribution in [1.82, 2.24) is 4.98 Å². The second-order valence-corrected chi connectivity index (χ2v) is 5.84. The summed E-state index contributed by atoms with van der Waals surface area (Å²) >= 11 is 0. The number of oxazole rings is 1. The average Bonchev–Trinajstić information content (AvgIpc) is 2.92. The molecule has 0 atom stereocenters. The lowest BCUT2D eigenvalue weighted by atomic mass is 10.0. The molecule has 1 heterocycles. The average molecular weight is 310 g/mol. The molecular formula is C18H18N2O3. The molecule has 1 amide bonds. The molecule has 3 aromatic rings. The standard InChI is InChI=1S/C18H18N2O3/c1-11(2)12-5-4-6-14(9-12)20(3)17(21)13-7-8-15-16(10-13)23-18(22)19-15/h4-11H,1-3H3,(H,19,22). The fourth-order valence-corrected chi connectivity index (χ4v) is 2.48. The van der Waals surface area contributed by atoms with Gasteiger partial charge in [0.1, 0.15) is 0 Å². The predicted molar refractivity (Wildman–Crippen MR) is 90.1 cm³/mol. The summed E-state index contributed by atoms with van der Waals surface area (Å²) in [6.07, 6.45) is 0. The zero-order valence-electron chi connectivity index (χ0n) is 13.3. The van der Waals surface area contributed by atoms with Gasteiger partial charge >= 0.3 is 5.76 Å². The first-order chi connectivity index (χ1) is 11.0. The van der Waals surface area contributed by atoms with Crippen molar-refractivity contribution in [3.63, 3.8) is 0 Å². The van der Waals surface area contributed by atoms with Gasteiger partial charge in [-0.05, 0) is 41.8 Å². The minimum Gasteiger partial charge on any atom is -0.408 e. The van der Waals surface area contributed by atoms with E-state index in [9.17, 15) is 9.59 Å². The van der Waals surface area contributed by atoms with E-state index in [0.717, 1.165) is 5.69 Å². The Morgan fingerprint density at radius 2 is 1.96 bits per heavy atom. The van der Waals surface area contributed by atoms with Crippen molar-refractivity contribution in [1.29, 1.82) is 0 Å². The zero-order chi connectivity index (χ0) is 16.6. The van der Waals surface area contributed by atoms with E-state index in [1.165, 1.54) is 5.56 Å². The fraction of sp³-hybridized carbons (Fsp3) is 0.222. The van der Waals surface area contributed by atoms with Crippen LogP contribution in [0.25, 0.3) is 11.1 Å². The number of nitrogens with one attached hydrogen (secondary N) is 1. The van der Waals surface area contributed by atoms with Crippen molar-refractivity contribution in [3.8, 4) is 0 Å². The fourth-order valence-electron chi connectivity index (χ4n) is 2.48. The molecule has 0 saturated carbocycles. The van der Waals surface area contributed by atoms with Gasteiger partial charge in [0.15, 0.2) is 5.58 Å². The van der Waals surface area contributed by atoms with Crippen molar-refractivity contribution in [3.05, 3.63) is 64.1 Å². The van der Waals surface area contributed by atoms with Crippen molar-refractivity contribution in [2.75, 3.05) is 11.9 Å². The molecule has 2 aromatic carbocycles. The normalized spacial score (nSPS) is 11.1. The van der Waals surface area contributed by atoms with E-state index in [0.29, 0.717) is 22.6 Å². The molecule has 0 aliphatic carbocycles. The second kappa shape index (κ2) is 5.76. The number of carbonyl (C=O) groups is 1. The summed E-state index contributed by atoms with van der Waals surface area (Å²) < 4.78 is 5.01. The lowest BCUT2D eigenvalue weighted by Gasteiger charge is -2.19. The van der Waals surface area contributed by atoms with Gasteiger partial charge in [0.05, 0.1) is 5.52 Å². The number of benzene rings is 2. The summed E-state index contributed by atoms with van der Waals surface area (Å²) in [6, 6.07) is 12.8. The van der Waals surface area contributed by atoms with Crippen molar-refractivity contribution < 1.29 is 9.21 Å². The minimum absolute atomic E-state index is 0.156. The smallest absolute Gasteiger partial charge is 0.408 e. The second-order valence-electron chi connectivity index (χ2n) is 5.84. The maximum absolute atomic E-state index is 12.7. The number of H-pyrrole nitrogens is 1. The third kappa shape index (κ3) is 2.90. The van der Waals surface area contributed by atoms with E-state index in [2.05, 4.69) is 18.8 Å². The van der Waals surface area contributed by atoms with Crippen LogP contribution in [0.2, 0.25) is 0 Å². The van der Waals surface area contributed by atoms with Crippen LogP contribution in [-0.2, 0) is 0 Å². The van der Waals surface area contributed by atoms with E-state index >= 15 is 0 Å². The van der Waals surface area contributed by atoms with Crippen LogP contribution in [0.4, 0.5) is 5.69 Å². The lowest BCUT2D eigenvalue weighted by Crippen LogP contribution is -2.26. The highest BCUT2D eigenvalue weighted by Crippen LogP contribution is 2.23. The number of rotatable bonds is 3. The minimum atomic E-state index is -0.525. The van der Waals surface area contributed by atoms with Gasteiger partial charge in [0.25, 0.3) is 5.91 Å². The quantitative estimate of drug-likeness (QED) is 0.805. The zero-order valence-corrected chi connectivity index (χ0v) is 13.3. The monoisotopic (exact) mass is 310 g/mol. The topological polar surface area (TPSA) is 66.3 Å². The summed E-state index contributed by atoms with van der Waals surface area (Å²) in [7, 11) is 1.74. The summed E-state index contributed by atoms with van der Waals surface area (Å²) in [5.74, 6) is -0.289. The number of aromatic nitrogens is 1. The molecule has 5 nitrogen and oxygen atoms in total. The maximum atomic E-state index is 12.7. The van der Waals surface area contributed by atoms with Crippen LogP contribution in [0.5, 0.6) is 0 Å². The Kier molecular flexibility index (Phi) is 3.78. The van der Waals surface area contributed by atoms with Crippen molar-refractivity contribution in [2.45, 2.75) is 19.8 Å². The number of amides is 1. The highest BCUT2D eigenvalue weighted by Gasteiger charge is 2.15. The first-order valence-electron chi connectivity index (χ1n) is 7.46. The van der Waals surface area contributed by atoms with Crippen LogP contribution >= 0.6 is 0 Å². The van der Waals surface area contributed by atoms with Crippen molar-refractivity contribution in [2.24, 2.45) is 0 Å². The van der Waals surface area contributed by atoms with Gasteiger partial charge in [-0.15, -0.1) is 0 Å². The molecule has 0 saturated heterocycles. The highest BCUT2D eigenvalue weighted by atomic mass is 16.4. The third-order valence-electron chi connectivity index (χ3n) is 3.90. The Hall–Kier alpha value is -2.82. The number of fused-ring (bicyclic) bond motifs is 1. The van der Waals surface area contributed by atoms with E-state index < -0.39 is 5.76 Å². The van der Waals surface area contributed by atoms with Crippen LogP contribution in [0.1, 0.15) is 35.7 Å². The Morgan fingerprint density at radius 1 is 1.17 bits per heavy atom. The summed E-state index contributed by atoms with van der Waals surface area (Å²) in [5, 5.41) is 0. The molecular weight excluding hydrogens is 292 g/mol. The Morgan fingerprint density at radius 3 is 2.70 bits per heavy atom. The van der Waals surface area contributed by atoms with Crippen LogP contribution in [-0.4, -0.2) is 17.9 Å². The molecule has 3 rings (SSSR count). The summed E-state index contributed by atoms with van der Waals surface area (Å²) in [5.41, 5.74) is 3.44. The SMILES string of the molecule is CC(C)c1cccc(N(C)C(=O)c2ccc3[nH]c(=O)oc3c2)c1. The molecule has 0 fully saturated rings. The van der Waals surface area contributed by atoms with Gasteiger partial charge in [0, 0.05) is 18.3 Å². The molecule has 0 spiro atoms. The number of hydrogen-bond acceptors (Lipinski definition) is 3. The van der Waals surface area contributed by atoms with Gasteiger partial charge in [-0.25, -0.2) is 4.79 Å². The molecule has 0 unspecified atom stereocenters. The third-order valence-corrected chi connectivity index (χ3v) is 3.90. The van der Waals surface area contributed by atoms with E-state index in [4.69, 9.17) is 4.42 Å². The molecule has 1 N–H and O–H groups in total. The Balaban J connectivity index is 1.94. The number of aromatic amines is 1. The van der Waals surface area contributed by atoms with E-state index in [1.54, 1.807) is 30.1 Å². The summed E-state index contributed by atoms with van der Waals surface area (Å²) in [6.45, 7) is 4.23. The number of anilines is 1. The van der Waals surface area contributed by atoms with Gasteiger partial charge in [-0.3, -0.25) is 9.78 Å². The molecule has 23 heavy (non-hydrogen) atoms. The molecule has 0 aliphatic heterocycles. The maximum Gasteiger partial charge on any atom is 0.417 e. The van der Waals surface area contributed by atoms with Crippen LogP contribution in [0, 0.1) is 0 Å². The number of nitrogens with zero attached hydrogens (tertiary/aromatic N) is 1. The Bertz CT molecular complexity index is 921. The van der Waals surface area contributed by atoms with Gasteiger partial charge < -0.3 is 9.32 Å². The first kappa shape index (κ1) is 15.1. The van der Waals surface area contributed by atoms with Crippen LogP contribution < -0.4 is 10.7 Å². The molecule has 0 aliphatic rings. The number of carbonyl (C=O) groups excluding carboxylic acids is 1. The van der Waals surface area contributed by atoms with Gasteiger partial charge in [-0.2, -0.15) is 0 Å². The molecule has 118 valence electrons. The Labute approximate surface area is 133 Å². The van der Waals surface area contributed by atoms with Gasteiger partial charge in [0.2, 0.25) is 0 Å². The van der Waals surface area contributed by atoms with E-state index in [1.807, 2.05) is 24.3 Å². The lowest BCUT2D eigenvalue weighted by molar-refractivity contribution is 0.0993. The molecule has 5 heteroatoms. The molecule has 1 aromatic heterocycles. The number of hydrogen-bond donors (Lipinski definition) is 1. The van der Waals surface area contributed by atoms with E-state index in [-0.39, 0.29) is 5.91 Å². The highest BCUT2D eigenvalue weighted by molar-refractivity contribution is 6.07. The predicted octanol–water partition coefficient (Wildman–Crippen LogP) is 3.52. The van der Waals surface area contributed by atoms with Crippen molar-refractivity contribution >= 4 is 22.7 Å². The molecule has 0 radical (unpaired) electrons. The van der Waals surface area contributed by atoms with Gasteiger partial charge in [-0.1, -0.05) is 26.0 Å². The molecule has 0 bridgehead atoms. The first-order valence-corrected chi connectivity index (χ1v) is 7.46.